The molecule has 0 aliphatic heterocycles. The maximum Gasteiger partial charge on any atom is 0.137 e. The predicted molar refractivity (Wildman–Crippen MR) is 486 cm³/mol. The number of rotatable bonds is 12. The van der Waals surface area contributed by atoms with Crippen LogP contribution in [0.1, 0.15) is 0 Å². The molecular weight excluding hydrogens is 1420 g/mol. The molecule has 10 nitrogen and oxygen atoms in total. The minimum absolute atomic E-state index is 0.897. The summed E-state index contributed by atoms with van der Waals surface area (Å²) in [7, 11) is 0. The van der Waals surface area contributed by atoms with Crippen molar-refractivity contribution in [3.63, 3.8) is 0 Å². The molecule has 0 unspecified atom stereocenters. The summed E-state index contributed by atoms with van der Waals surface area (Å²) in [5.41, 5.74) is 24.6. The van der Waals surface area contributed by atoms with Gasteiger partial charge in [0.2, 0.25) is 0 Å². The highest BCUT2D eigenvalue weighted by molar-refractivity contribution is 6.10. The highest BCUT2D eigenvalue weighted by Gasteiger charge is 2.14. The molecule has 0 saturated carbocycles. The third kappa shape index (κ3) is 15.4. The lowest BCUT2D eigenvalue weighted by Gasteiger charge is -2.12. The first-order chi connectivity index (χ1) is 57.4. The van der Waals surface area contributed by atoms with Gasteiger partial charge < -0.3 is 48.7 Å². The maximum absolute atomic E-state index is 6.01. The molecule has 23 rings (SSSR count). The summed E-state index contributed by atoms with van der Waals surface area (Å²) in [5.74, 6) is 0. The van der Waals surface area contributed by atoms with E-state index in [1.807, 2.05) is 182 Å². The Balaban J connectivity index is 0.0000000972. The smallest absolute Gasteiger partial charge is 0.137 e. The number of nitrogens with one attached hydrogen (secondary N) is 5. The van der Waals surface area contributed by atoms with Crippen LogP contribution < -0.4 is 26.6 Å². The van der Waals surface area contributed by atoms with Crippen molar-refractivity contribution in [1.82, 2.24) is 0 Å². The summed E-state index contributed by atoms with van der Waals surface area (Å²) in [6, 6.07) is 145. The normalized spacial score (nSPS) is 11.1. The Bertz CT molecular complexity index is 7370. The molecule has 0 bridgehead atoms. The summed E-state index contributed by atoms with van der Waals surface area (Å²) in [4.78, 5) is 0. The monoisotopic (exact) mass is 1500 g/mol. The van der Waals surface area contributed by atoms with Gasteiger partial charge in [-0.2, -0.15) is 0 Å². The lowest BCUT2D eigenvalue weighted by Crippen LogP contribution is -1.93. The van der Waals surface area contributed by atoms with Crippen LogP contribution in [0.4, 0.5) is 56.9 Å². The Hall–Kier alpha value is -15.8. The van der Waals surface area contributed by atoms with Gasteiger partial charge in [-0.15, -0.1) is 0 Å². The van der Waals surface area contributed by atoms with Gasteiger partial charge in [0.05, 0.1) is 0 Å². The van der Waals surface area contributed by atoms with Gasteiger partial charge in [-0.1, -0.05) is 249 Å². The first-order valence-electron chi connectivity index (χ1n) is 38.7. The van der Waals surface area contributed by atoms with E-state index in [0.717, 1.165) is 167 Å². The molecule has 554 valence electrons. The molecule has 18 aromatic carbocycles. The van der Waals surface area contributed by atoms with E-state index >= 15 is 0 Å². The second-order valence-electron chi connectivity index (χ2n) is 28.3. The van der Waals surface area contributed by atoms with Crippen LogP contribution in [-0.4, -0.2) is 0 Å². The van der Waals surface area contributed by atoms with Gasteiger partial charge in [-0.05, 0) is 191 Å². The third-order valence-corrected chi connectivity index (χ3v) is 20.6. The quantitative estimate of drug-likeness (QED) is 0.0807. The minimum atomic E-state index is 0.897. The van der Waals surface area contributed by atoms with E-state index < -0.39 is 0 Å². The topological polar surface area (TPSA) is 126 Å². The molecular formula is C106H75N5O5. The SMILES string of the molecule is c1ccc(-c2ccc(Nc3ccc4oc5ccccc5c4c3)cc2)cc1.c1ccc(-c2ccccc2Nc2ccc3c(c2)oc2ccccc23)cc1.c1ccc(Nc2ccc3c(c2)oc2ccccc23)cc1.c1ccc(Nc2ccc3oc4ccccc4c3c2)cc1.c1ccc2cc(Nc3ccc4oc5ccccc5c4c3)ccc2c1. The largest absolute Gasteiger partial charge is 0.456 e. The van der Waals surface area contributed by atoms with Crippen LogP contribution >= 0.6 is 0 Å². The van der Waals surface area contributed by atoms with E-state index in [1.54, 1.807) is 0 Å². The van der Waals surface area contributed by atoms with Crippen LogP contribution in [0.25, 0.3) is 143 Å². The Kier molecular flexibility index (Phi) is 19.6. The van der Waals surface area contributed by atoms with E-state index in [1.165, 1.54) is 33.0 Å². The fraction of sp³-hybridized carbons (Fsp3) is 0. The van der Waals surface area contributed by atoms with E-state index in [4.69, 9.17) is 22.1 Å². The lowest BCUT2D eigenvalue weighted by atomic mass is 10.0. The predicted octanol–water partition coefficient (Wildman–Crippen LogP) is 31.1. The molecule has 5 N–H and O–H groups in total. The van der Waals surface area contributed by atoms with Gasteiger partial charge in [-0.25, -0.2) is 0 Å². The van der Waals surface area contributed by atoms with E-state index in [-0.39, 0.29) is 0 Å². The van der Waals surface area contributed by atoms with Crippen LogP contribution in [0, 0.1) is 0 Å². The van der Waals surface area contributed by atoms with Crippen molar-refractivity contribution >= 4 is 177 Å². The number of furan rings is 5. The van der Waals surface area contributed by atoms with Crippen LogP contribution in [0.3, 0.4) is 0 Å². The van der Waals surface area contributed by atoms with Crippen molar-refractivity contribution in [2.45, 2.75) is 0 Å². The molecule has 23 aromatic rings. The summed E-state index contributed by atoms with van der Waals surface area (Å²) in [6.07, 6.45) is 0. The van der Waals surface area contributed by atoms with Gasteiger partial charge in [-0.3, -0.25) is 0 Å². The number of benzene rings is 18. The Labute approximate surface area is 668 Å². The number of fused-ring (bicyclic) bond motifs is 16. The summed E-state index contributed by atoms with van der Waals surface area (Å²) in [6.45, 7) is 0. The summed E-state index contributed by atoms with van der Waals surface area (Å²) < 4.78 is 29.5. The molecule has 0 atom stereocenters. The molecule has 0 fully saturated rings. The minimum Gasteiger partial charge on any atom is -0.456 e. The molecule has 0 aliphatic carbocycles. The Morgan fingerprint density at radius 3 is 0.871 bits per heavy atom. The van der Waals surface area contributed by atoms with Gasteiger partial charge in [0, 0.05) is 128 Å². The van der Waals surface area contributed by atoms with E-state index in [0.29, 0.717) is 0 Å². The standard InChI is InChI=1S/2C24H17NO.C22H15NO.2C18H13NO/c1-2-8-17(9-3-1)19-10-4-6-12-22(19)25-18-14-15-21-20-11-5-7-13-23(20)26-24(21)16-18;1-2-6-17(7-3-1)18-10-12-19(13-11-18)25-20-14-15-24-22(16-20)21-8-4-5-9-23(21)26-24;1-2-6-16-13-17(10-9-15(16)5-1)23-18-11-12-22-20(14-18)19-7-3-4-8-21(19)24-22;1-2-6-13(7-3-1)19-14-10-11-18-16(12-14)15-8-4-5-9-17(15)20-18;1-2-6-13(7-3-1)19-14-10-11-16-15-8-4-5-9-17(15)20-18(16)12-14/h2*1-16,25H;1-14,23H;2*1-12,19H. The number of para-hydroxylation sites is 8. The molecule has 10 heteroatoms. The van der Waals surface area contributed by atoms with E-state index in [9.17, 15) is 0 Å². The van der Waals surface area contributed by atoms with Crippen LogP contribution in [0.15, 0.2) is 447 Å². The highest BCUT2D eigenvalue weighted by atomic mass is 16.3. The van der Waals surface area contributed by atoms with Crippen molar-refractivity contribution in [2.75, 3.05) is 26.6 Å². The zero-order valence-electron chi connectivity index (χ0n) is 63.0. The first kappa shape index (κ1) is 70.6. The molecule has 0 saturated heterocycles. The maximum atomic E-state index is 6.01. The number of anilines is 10. The molecule has 0 radical (unpaired) electrons. The molecule has 5 heterocycles. The Morgan fingerprint density at radius 2 is 0.414 bits per heavy atom. The zero-order chi connectivity index (χ0) is 77.4. The average molecular weight is 1500 g/mol. The van der Waals surface area contributed by atoms with Gasteiger partial charge in [0.1, 0.15) is 55.8 Å². The van der Waals surface area contributed by atoms with Gasteiger partial charge >= 0.3 is 0 Å². The van der Waals surface area contributed by atoms with Gasteiger partial charge in [0.25, 0.3) is 0 Å². The molecule has 0 spiro atoms. The summed E-state index contributed by atoms with van der Waals surface area (Å²) in [5, 5.41) is 31.3. The van der Waals surface area contributed by atoms with Crippen LogP contribution in [-0.2, 0) is 0 Å². The summed E-state index contributed by atoms with van der Waals surface area (Å²) >= 11 is 0. The first-order valence-corrected chi connectivity index (χ1v) is 38.7. The van der Waals surface area contributed by atoms with Crippen LogP contribution in [0.5, 0.6) is 0 Å². The molecule has 5 aromatic heterocycles. The fourth-order valence-electron chi connectivity index (χ4n) is 15.0. The van der Waals surface area contributed by atoms with Gasteiger partial charge in [0.15, 0.2) is 0 Å². The van der Waals surface area contributed by atoms with Crippen molar-refractivity contribution in [2.24, 2.45) is 0 Å². The highest BCUT2D eigenvalue weighted by Crippen LogP contribution is 2.39. The van der Waals surface area contributed by atoms with Crippen molar-refractivity contribution in [3.05, 3.63) is 425 Å². The van der Waals surface area contributed by atoms with Crippen LogP contribution in [0.2, 0.25) is 0 Å². The van der Waals surface area contributed by atoms with E-state index in [2.05, 4.69) is 269 Å². The fourth-order valence-corrected chi connectivity index (χ4v) is 15.0. The number of hydrogen-bond acceptors (Lipinski definition) is 10. The second-order valence-corrected chi connectivity index (χ2v) is 28.3. The Morgan fingerprint density at radius 1 is 0.138 bits per heavy atom. The average Bonchev–Trinajstić information content (AvgIpc) is 1.64. The third-order valence-electron chi connectivity index (χ3n) is 20.6. The van der Waals surface area contributed by atoms with Crippen molar-refractivity contribution in [1.29, 1.82) is 0 Å². The number of hydrogen-bond donors (Lipinski definition) is 5. The zero-order valence-corrected chi connectivity index (χ0v) is 63.0. The molecule has 116 heavy (non-hydrogen) atoms. The molecule has 0 amide bonds. The van der Waals surface area contributed by atoms with Crippen molar-refractivity contribution < 1.29 is 22.1 Å². The lowest BCUT2D eigenvalue weighted by molar-refractivity contribution is 0.668. The second kappa shape index (κ2) is 32.3. The molecule has 0 aliphatic rings. The van der Waals surface area contributed by atoms with Crippen molar-refractivity contribution in [3.8, 4) is 22.3 Å².